The normalized spacial score (nSPS) is 23.6. The second-order valence-electron chi connectivity index (χ2n) is 8.73. The van der Waals surface area contributed by atoms with E-state index in [0.29, 0.717) is 29.7 Å². The zero-order valence-corrected chi connectivity index (χ0v) is 17.0. The Hall–Kier alpha value is -2.74. The van der Waals surface area contributed by atoms with E-state index in [2.05, 4.69) is 10.6 Å². The highest BCUT2D eigenvalue weighted by Gasteiger charge is 2.39. The van der Waals surface area contributed by atoms with Crippen LogP contribution in [0.5, 0.6) is 0 Å². The van der Waals surface area contributed by atoms with Crippen molar-refractivity contribution in [2.45, 2.75) is 69.5 Å². The standard InChI is InChI=1S/C22H28N4O4/c23-22(9-3-1-2-4-10-22)13-24-19(28)14-5-6-16-15(11-14)12-26(21(16)30)17-7-8-18(27)25-20(17)29/h5-6,11,17H,1-4,7-10,12-13,23H2,(H,24,28)(H,25,27,29). The van der Waals surface area contributed by atoms with Crippen molar-refractivity contribution >= 4 is 23.6 Å². The van der Waals surface area contributed by atoms with Crippen molar-refractivity contribution in [3.05, 3.63) is 34.9 Å². The number of imide groups is 1. The summed E-state index contributed by atoms with van der Waals surface area (Å²) < 4.78 is 0. The third-order valence-electron chi connectivity index (χ3n) is 6.49. The lowest BCUT2D eigenvalue weighted by Crippen LogP contribution is -2.52. The molecule has 0 radical (unpaired) electrons. The fraction of sp³-hybridized carbons (Fsp3) is 0.545. The zero-order valence-electron chi connectivity index (χ0n) is 17.0. The van der Waals surface area contributed by atoms with Crippen LogP contribution in [0, 0.1) is 0 Å². The summed E-state index contributed by atoms with van der Waals surface area (Å²) in [7, 11) is 0. The summed E-state index contributed by atoms with van der Waals surface area (Å²) in [6, 6.07) is 4.33. The first-order valence-electron chi connectivity index (χ1n) is 10.7. The molecule has 1 unspecified atom stereocenters. The van der Waals surface area contributed by atoms with E-state index >= 15 is 0 Å². The quantitative estimate of drug-likeness (QED) is 0.507. The van der Waals surface area contributed by atoms with Crippen molar-refractivity contribution in [2.24, 2.45) is 5.73 Å². The summed E-state index contributed by atoms with van der Waals surface area (Å²) in [5.41, 5.74) is 7.82. The van der Waals surface area contributed by atoms with Crippen molar-refractivity contribution in [2.75, 3.05) is 6.54 Å². The van der Waals surface area contributed by atoms with E-state index < -0.39 is 11.9 Å². The van der Waals surface area contributed by atoms with Gasteiger partial charge in [0.25, 0.3) is 11.8 Å². The topological polar surface area (TPSA) is 122 Å². The van der Waals surface area contributed by atoms with Gasteiger partial charge >= 0.3 is 0 Å². The largest absolute Gasteiger partial charge is 0.350 e. The molecule has 30 heavy (non-hydrogen) atoms. The van der Waals surface area contributed by atoms with Crippen LogP contribution in [0.1, 0.15) is 77.6 Å². The van der Waals surface area contributed by atoms with Gasteiger partial charge < -0.3 is 16.0 Å². The monoisotopic (exact) mass is 412 g/mol. The van der Waals surface area contributed by atoms with Crippen molar-refractivity contribution in [3.63, 3.8) is 0 Å². The molecule has 0 spiro atoms. The minimum atomic E-state index is -0.660. The molecule has 0 bridgehead atoms. The van der Waals surface area contributed by atoms with Crippen LogP contribution in [-0.4, -0.2) is 46.7 Å². The van der Waals surface area contributed by atoms with Gasteiger partial charge in [0.15, 0.2) is 0 Å². The fourth-order valence-corrected chi connectivity index (χ4v) is 4.68. The summed E-state index contributed by atoms with van der Waals surface area (Å²) in [6.45, 7) is 0.687. The number of piperidine rings is 1. The number of nitrogens with zero attached hydrogens (tertiary/aromatic N) is 1. The molecule has 8 nitrogen and oxygen atoms in total. The number of hydrogen-bond donors (Lipinski definition) is 3. The maximum absolute atomic E-state index is 12.8. The lowest BCUT2D eigenvalue weighted by atomic mass is 9.91. The molecule has 1 aliphatic carbocycles. The Balaban J connectivity index is 1.43. The lowest BCUT2D eigenvalue weighted by Gasteiger charge is -2.29. The Morgan fingerprint density at radius 1 is 1.17 bits per heavy atom. The molecular formula is C22H28N4O4. The summed E-state index contributed by atoms with van der Waals surface area (Å²) in [4.78, 5) is 50.5. The summed E-state index contributed by atoms with van der Waals surface area (Å²) in [5.74, 6) is -1.21. The van der Waals surface area contributed by atoms with E-state index in [1.807, 2.05) is 0 Å². The number of fused-ring (bicyclic) bond motifs is 1. The van der Waals surface area contributed by atoms with Crippen LogP contribution in [0.25, 0.3) is 0 Å². The van der Waals surface area contributed by atoms with Gasteiger partial charge in [-0.1, -0.05) is 25.7 Å². The van der Waals surface area contributed by atoms with Gasteiger partial charge in [0.05, 0.1) is 0 Å². The maximum atomic E-state index is 12.8. The number of carbonyl (C=O) groups excluding carboxylic acids is 4. The Labute approximate surface area is 175 Å². The van der Waals surface area contributed by atoms with Crippen molar-refractivity contribution in [1.29, 1.82) is 0 Å². The number of amides is 4. The number of rotatable bonds is 4. The highest BCUT2D eigenvalue weighted by Crippen LogP contribution is 2.28. The molecule has 4 rings (SSSR count). The highest BCUT2D eigenvalue weighted by molar-refractivity contribution is 6.06. The van der Waals surface area contributed by atoms with Gasteiger partial charge in [-0.05, 0) is 43.0 Å². The van der Waals surface area contributed by atoms with Gasteiger partial charge in [0.1, 0.15) is 6.04 Å². The second kappa shape index (κ2) is 8.18. The number of nitrogens with two attached hydrogens (primary N) is 1. The molecule has 160 valence electrons. The van der Waals surface area contributed by atoms with Crippen LogP contribution in [0.15, 0.2) is 18.2 Å². The SMILES string of the molecule is NC1(CNC(=O)c2ccc3c(c2)CN(C2CCC(=O)NC2=O)C3=O)CCCCCC1. The molecule has 2 heterocycles. The minimum Gasteiger partial charge on any atom is -0.350 e. The first-order chi connectivity index (χ1) is 14.4. The molecule has 8 heteroatoms. The molecule has 4 N–H and O–H groups in total. The molecule has 1 aromatic rings. The lowest BCUT2D eigenvalue weighted by molar-refractivity contribution is -0.136. The van der Waals surface area contributed by atoms with Gasteiger partial charge in [0.2, 0.25) is 11.8 Å². The minimum absolute atomic E-state index is 0.209. The van der Waals surface area contributed by atoms with Crippen molar-refractivity contribution in [3.8, 4) is 0 Å². The average Bonchev–Trinajstić information content (AvgIpc) is 2.89. The van der Waals surface area contributed by atoms with E-state index in [1.54, 1.807) is 18.2 Å². The van der Waals surface area contributed by atoms with Gasteiger partial charge in [-0.25, -0.2) is 0 Å². The van der Waals surface area contributed by atoms with Crippen molar-refractivity contribution in [1.82, 2.24) is 15.5 Å². The fourth-order valence-electron chi connectivity index (χ4n) is 4.68. The van der Waals surface area contributed by atoms with E-state index in [1.165, 1.54) is 17.7 Å². The number of hydrogen-bond acceptors (Lipinski definition) is 5. The highest BCUT2D eigenvalue weighted by atomic mass is 16.2. The first kappa shape index (κ1) is 20.5. The van der Waals surface area contributed by atoms with E-state index in [-0.39, 0.29) is 36.2 Å². The van der Waals surface area contributed by atoms with Crippen LogP contribution >= 0.6 is 0 Å². The summed E-state index contributed by atoms with van der Waals surface area (Å²) in [6.07, 6.45) is 6.90. The van der Waals surface area contributed by atoms with Gasteiger partial charge in [-0.2, -0.15) is 0 Å². The number of nitrogens with one attached hydrogen (secondary N) is 2. The number of carbonyl (C=O) groups is 4. The zero-order chi connectivity index (χ0) is 21.3. The van der Waals surface area contributed by atoms with Gasteiger partial charge in [0, 0.05) is 36.2 Å². The van der Waals surface area contributed by atoms with E-state index in [0.717, 1.165) is 25.7 Å². The Bertz CT molecular complexity index is 889. The van der Waals surface area contributed by atoms with E-state index in [4.69, 9.17) is 5.73 Å². The molecule has 2 fully saturated rings. The van der Waals surface area contributed by atoms with E-state index in [9.17, 15) is 19.2 Å². The second-order valence-corrected chi connectivity index (χ2v) is 8.73. The van der Waals surface area contributed by atoms with Crippen LogP contribution < -0.4 is 16.4 Å². The molecule has 1 atom stereocenters. The van der Waals surface area contributed by atoms with Crippen LogP contribution in [-0.2, 0) is 16.1 Å². The molecule has 2 aliphatic heterocycles. The molecule has 4 amide bonds. The molecule has 1 aromatic carbocycles. The average molecular weight is 412 g/mol. The maximum Gasteiger partial charge on any atom is 0.255 e. The third-order valence-corrected chi connectivity index (χ3v) is 6.49. The Morgan fingerprint density at radius 3 is 2.60 bits per heavy atom. The van der Waals surface area contributed by atoms with Crippen molar-refractivity contribution < 1.29 is 19.2 Å². The number of benzene rings is 1. The molecule has 1 saturated heterocycles. The Kier molecular flexibility index (Phi) is 5.60. The Morgan fingerprint density at radius 2 is 1.90 bits per heavy atom. The summed E-state index contributed by atoms with van der Waals surface area (Å²) in [5, 5.41) is 5.25. The summed E-state index contributed by atoms with van der Waals surface area (Å²) >= 11 is 0. The third kappa shape index (κ3) is 4.09. The van der Waals surface area contributed by atoms with Crippen LogP contribution in [0.3, 0.4) is 0 Å². The smallest absolute Gasteiger partial charge is 0.255 e. The van der Waals surface area contributed by atoms with Crippen LogP contribution in [0.2, 0.25) is 0 Å². The molecular weight excluding hydrogens is 384 g/mol. The van der Waals surface area contributed by atoms with Gasteiger partial charge in [-0.3, -0.25) is 24.5 Å². The molecule has 0 aromatic heterocycles. The van der Waals surface area contributed by atoms with Gasteiger partial charge in [-0.15, -0.1) is 0 Å². The molecule has 3 aliphatic rings. The first-order valence-corrected chi connectivity index (χ1v) is 10.7. The predicted octanol–water partition coefficient (Wildman–Crippen LogP) is 1.23. The molecule has 1 saturated carbocycles. The predicted molar refractivity (Wildman–Crippen MR) is 109 cm³/mol. The van der Waals surface area contributed by atoms with Crippen LogP contribution in [0.4, 0.5) is 0 Å².